The fraction of sp³-hybridized carbons (Fsp3) is 0.341. The lowest BCUT2D eigenvalue weighted by Gasteiger charge is -2.30. The van der Waals surface area contributed by atoms with Gasteiger partial charge in [-0.3, -0.25) is 0 Å². The molecule has 0 amide bonds. The summed E-state index contributed by atoms with van der Waals surface area (Å²) in [6, 6.07) is 34.6. The van der Waals surface area contributed by atoms with Crippen LogP contribution in [0.25, 0.3) is 0 Å². The summed E-state index contributed by atoms with van der Waals surface area (Å²) in [6.45, 7) is 10.6. The third kappa shape index (κ3) is 14.9. The SMILES string of the molecule is CC(C)(C)OC(=O)O[C@@H](C(=O)OCc1ccccc1)[C@@H](NS(=O)C(C)(C)C)c1ccccc1.N[C@@H](c1ccccc1)[C@@H](O)C(=O)OCc1ccccc1.[H+]. The average Bonchev–Trinajstić information content (AvgIpc) is 3.14. The molecule has 0 radical (unpaired) electrons. The Bertz CT molecular complexity index is 1740. The largest absolute Gasteiger partial charge is 1.00 e. The highest BCUT2D eigenvalue weighted by Gasteiger charge is 2.38. The molecule has 0 bridgehead atoms. The molecule has 0 heterocycles. The van der Waals surface area contributed by atoms with E-state index >= 15 is 0 Å². The van der Waals surface area contributed by atoms with Crippen LogP contribution in [0.4, 0.5) is 4.79 Å². The van der Waals surface area contributed by atoms with Gasteiger partial charge < -0.3 is 29.8 Å². The molecule has 0 aliphatic carbocycles. The van der Waals surface area contributed by atoms with Crippen LogP contribution in [0, 0.1) is 0 Å². The van der Waals surface area contributed by atoms with Crippen LogP contribution in [0.5, 0.6) is 0 Å². The third-order valence-corrected chi connectivity index (χ3v) is 8.89. The normalized spacial score (nSPS) is 14.2. The fourth-order valence-corrected chi connectivity index (χ4v) is 5.36. The van der Waals surface area contributed by atoms with Gasteiger partial charge in [-0.2, -0.15) is 0 Å². The molecule has 284 valence electrons. The van der Waals surface area contributed by atoms with Gasteiger partial charge in [0.05, 0.1) is 27.8 Å². The van der Waals surface area contributed by atoms with Gasteiger partial charge in [-0.15, -0.1) is 0 Å². The number of nitrogens with one attached hydrogen (secondary N) is 1. The van der Waals surface area contributed by atoms with Gasteiger partial charge in [-0.25, -0.2) is 23.3 Å². The van der Waals surface area contributed by atoms with Gasteiger partial charge in [-0.1, -0.05) is 121 Å². The molecule has 11 nitrogen and oxygen atoms in total. The minimum Gasteiger partial charge on any atom is -0.459 e. The number of hydrogen-bond donors (Lipinski definition) is 3. The molecular formula is C41H51N2O9S+. The molecule has 4 rings (SSSR count). The predicted molar refractivity (Wildman–Crippen MR) is 204 cm³/mol. The maximum atomic E-state index is 13.2. The summed E-state index contributed by atoms with van der Waals surface area (Å²) < 4.78 is 36.6. The van der Waals surface area contributed by atoms with Crippen molar-refractivity contribution < 1.29 is 44.1 Å². The summed E-state index contributed by atoms with van der Waals surface area (Å²) >= 11 is 0. The van der Waals surface area contributed by atoms with Gasteiger partial charge in [0, 0.05) is 0 Å². The summed E-state index contributed by atoms with van der Waals surface area (Å²) in [6.07, 6.45) is -3.83. The van der Waals surface area contributed by atoms with Crippen molar-refractivity contribution in [3.8, 4) is 0 Å². The van der Waals surface area contributed by atoms with Crippen molar-refractivity contribution in [1.82, 2.24) is 4.72 Å². The number of aliphatic hydroxyl groups excluding tert-OH is 1. The van der Waals surface area contributed by atoms with E-state index in [1.54, 1.807) is 90.1 Å². The maximum Gasteiger partial charge on any atom is 1.00 e. The van der Waals surface area contributed by atoms with E-state index in [0.717, 1.165) is 11.1 Å². The van der Waals surface area contributed by atoms with Crippen LogP contribution in [-0.2, 0) is 52.7 Å². The molecule has 0 aliphatic heterocycles. The summed E-state index contributed by atoms with van der Waals surface area (Å²) in [7, 11) is -1.57. The van der Waals surface area contributed by atoms with Crippen LogP contribution in [0.2, 0.25) is 0 Å². The topological polar surface area (TPSA) is 163 Å². The van der Waals surface area contributed by atoms with Gasteiger partial charge in [0.1, 0.15) is 18.8 Å². The Morgan fingerprint density at radius 3 is 1.55 bits per heavy atom. The first-order chi connectivity index (χ1) is 25.0. The first kappa shape index (κ1) is 42.5. The van der Waals surface area contributed by atoms with E-state index in [2.05, 4.69) is 4.72 Å². The highest BCUT2D eigenvalue weighted by Crippen LogP contribution is 2.25. The molecule has 0 aliphatic rings. The van der Waals surface area contributed by atoms with Gasteiger partial charge >= 0.3 is 19.5 Å². The van der Waals surface area contributed by atoms with Crippen LogP contribution in [0.1, 0.15) is 77.3 Å². The maximum absolute atomic E-state index is 13.2. The van der Waals surface area contributed by atoms with Gasteiger partial charge in [0.25, 0.3) is 0 Å². The Hall–Kier alpha value is -4.88. The minimum absolute atomic E-state index is 0. The first-order valence-corrected chi connectivity index (χ1v) is 18.2. The fourth-order valence-electron chi connectivity index (χ4n) is 4.52. The summed E-state index contributed by atoms with van der Waals surface area (Å²) in [4.78, 5) is 37.5. The van der Waals surface area contributed by atoms with Crippen LogP contribution in [0.3, 0.4) is 0 Å². The molecule has 1 unspecified atom stereocenters. The number of carbonyl (C=O) groups excluding carboxylic acids is 3. The third-order valence-electron chi connectivity index (χ3n) is 7.31. The predicted octanol–water partition coefficient (Wildman–Crippen LogP) is 6.75. The zero-order chi connectivity index (χ0) is 39.0. The lowest BCUT2D eigenvalue weighted by atomic mass is 10.0. The molecule has 5 atom stereocenters. The number of ether oxygens (including phenoxy) is 4. The lowest BCUT2D eigenvalue weighted by Crippen LogP contribution is -2.46. The van der Waals surface area contributed by atoms with Crippen molar-refractivity contribution in [1.29, 1.82) is 0 Å². The molecule has 4 aromatic rings. The van der Waals surface area contributed by atoms with Crippen LogP contribution in [0.15, 0.2) is 121 Å². The highest BCUT2D eigenvalue weighted by molar-refractivity contribution is 7.84. The molecule has 4 N–H and O–H groups in total. The molecule has 4 aromatic carbocycles. The average molecular weight is 748 g/mol. The number of benzene rings is 4. The molecular weight excluding hydrogens is 697 g/mol. The monoisotopic (exact) mass is 747 g/mol. The number of nitrogens with two attached hydrogens (primary N) is 1. The molecule has 12 heteroatoms. The quantitative estimate of drug-likeness (QED) is 0.0986. The van der Waals surface area contributed by atoms with E-state index in [9.17, 15) is 23.7 Å². The number of aliphatic hydroxyl groups is 1. The summed E-state index contributed by atoms with van der Waals surface area (Å²) in [5.41, 5.74) is 7.98. The Balaban J connectivity index is 0.000000410. The smallest absolute Gasteiger partial charge is 0.459 e. The highest BCUT2D eigenvalue weighted by atomic mass is 32.2. The number of hydrogen-bond acceptors (Lipinski definition) is 10. The van der Waals surface area contributed by atoms with Crippen LogP contribution >= 0.6 is 0 Å². The van der Waals surface area contributed by atoms with E-state index in [1.165, 1.54) is 0 Å². The van der Waals surface area contributed by atoms with E-state index < -0.39 is 63.7 Å². The van der Waals surface area contributed by atoms with Crippen LogP contribution in [-0.4, -0.2) is 50.0 Å². The van der Waals surface area contributed by atoms with Gasteiger partial charge in [0.15, 0.2) is 6.10 Å². The molecule has 0 saturated heterocycles. The van der Waals surface area contributed by atoms with Crippen molar-refractivity contribution in [2.75, 3.05) is 0 Å². The van der Waals surface area contributed by atoms with E-state index in [4.69, 9.17) is 24.7 Å². The zero-order valence-electron chi connectivity index (χ0n) is 32.0. The standard InChI is InChI=1S/C25H33NO6S.C16H17NO3/c1-24(2,3)32-23(28)31-21(22(27)30-17-18-13-9-7-10-14-18)20(19-15-11-8-12-16-19)26-33(29)25(4,5)6;17-14(13-9-5-2-6-10-13)15(18)16(19)20-11-12-7-3-1-4-8-12/h7-16,20-21,26H,17H2,1-6H3;1-10,14-15,18H,11,17H2/p+1/t20-,21+,33?;14-,15+/m00/s1. The number of rotatable bonds is 13. The second-order valence-corrected chi connectivity index (χ2v) is 16.0. The minimum atomic E-state index is -1.57. The first-order valence-electron chi connectivity index (χ1n) is 17.1. The van der Waals surface area contributed by atoms with E-state index in [1.807, 2.05) is 72.8 Å². The molecule has 53 heavy (non-hydrogen) atoms. The van der Waals surface area contributed by atoms with Crippen LogP contribution < -0.4 is 10.5 Å². The van der Waals surface area contributed by atoms with E-state index in [0.29, 0.717) is 11.1 Å². The van der Waals surface area contributed by atoms with E-state index in [-0.39, 0.29) is 14.6 Å². The van der Waals surface area contributed by atoms with Crippen molar-refractivity contribution in [3.05, 3.63) is 144 Å². The van der Waals surface area contributed by atoms with Gasteiger partial charge in [-0.05, 0) is 63.8 Å². The molecule has 0 saturated carbocycles. The Morgan fingerprint density at radius 1 is 0.698 bits per heavy atom. The molecule has 0 aromatic heterocycles. The van der Waals surface area contributed by atoms with Crippen molar-refractivity contribution in [2.24, 2.45) is 5.73 Å². The second-order valence-electron chi connectivity index (χ2n) is 14.0. The van der Waals surface area contributed by atoms with Crippen molar-refractivity contribution in [2.45, 2.75) is 89.4 Å². The Morgan fingerprint density at radius 2 is 1.11 bits per heavy atom. The Labute approximate surface area is 315 Å². The summed E-state index contributed by atoms with van der Waals surface area (Å²) in [5, 5.41) is 9.92. The lowest BCUT2D eigenvalue weighted by molar-refractivity contribution is -0.159. The number of carbonyl (C=O) groups is 3. The summed E-state index contributed by atoms with van der Waals surface area (Å²) in [5.74, 6) is -1.50. The molecule has 0 fully saturated rings. The zero-order valence-corrected chi connectivity index (χ0v) is 31.8. The van der Waals surface area contributed by atoms with Crippen molar-refractivity contribution in [3.63, 3.8) is 0 Å². The van der Waals surface area contributed by atoms with Gasteiger partial charge in [0.2, 0.25) is 6.10 Å². The number of esters is 2. The Kier molecular flexibility index (Phi) is 16.4. The molecule has 0 spiro atoms. The second kappa shape index (κ2) is 20.4. The van der Waals surface area contributed by atoms with Crippen molar-refractivity contribution >= 4 is 29.1 Å².